The van der Waals surface area contributed by atoms with Crippen LogP contribution in [0.15, 0.2) is 53.6 Å². The van der Waals surface area contributed by atoms with Crippen LogP contribution in [0, 0.1) is 6.92 Å². The van der Waals surface area contributed by atoms with Crippen LogP contribution in [0.2, 0.25) is 0 Å². The van der Waals surface area contributed by atoms with Gasteiger partial charge in [0.2, 0.25) is 0 Å². The number of carbonyl (C=O) groups excluding carboxylic acids is 1. The zero-order valence-corrected chi connectivity index (χ0v) is 13.7. The molecule has 118 valence electrons. The van der Waals surface area contributed by atoms with E-state index in [1.807, 2.05) is 61.2 Å². The second-order valence-corrected chi connectivity index (χ2v) is 6.49. The SMILES string of the molecule is Cc1cccc(C(=O)N/N=C/c2cccc(OC3CSC3)c2)c1. The summed E-state index contributed by atoms with van der Waals surface area (Å²) in [7, 11) is 0. The lowest BCUT2D eigenvalue weighted by Crippen LogP contribution is -2.31. The first-order valence-corrected chi connectivity index (χ1v) is 8.61. The van der Waals surface area contributed by atoms with E-state index >= 15 is 0 Å². The van der Waals surface area contributed by atoms with Gasteiger partial charge in [0.15, 0.2) is 0 Å². The van der Waals surface area contributed by atoms with Crippen LogP contribution < -0.4 is 10.2 Å². The number of thioether (sulfide) groups is 1. The lowest BCUT2D eigenvalue weighted by molar-refractivity contribution is 0.0955. The van der Waals surface area contributed by atoms with E-state index in [4.69, 9.17) is 4.74 Å². The highest BCUT2D eigenvalue weighted by molar-refractivity contribution is 8.00. The maximum atomic E-state index is 12.0. The number of aryl methyl sites for hydroxylation is 1. The zero-order chi connectivity index (χ0) is 16.1. The minimum absolute atomic E-state index is 0.219. The summed E-state index contributed by atoms with van der Waals surface area (Å²) in [5, 5.41) is 4.02. The van der Waals surface area contributed by atoms with Gasteiger partial charge in [0.05, 0.1) is 6.21 Å². The Morgan fingerprint density at radius 2 is 2.09 bits per heavy atom. The Kier molecular flexibility index (Phi) is 4.98. The Hall–Kier alpha value is -2.27. The van der Waals surface area contributed by atoms with Crippen molar-refractivity contribution in [1.29, 1.82) is 0 Å². The van der Waals surface area contributed by atoms with Gasteiger partial charge in [-0.05, 0) is 36.8 Å². The molecule has 0 saturated carbocycles. The minimum atomic E-state index is -0.219. The highest BCUT2D eigenvalue weighted by Gasteiger charge is 2.19. The van der Waals surface area contributed by atoms with Crippen molar-refractivity contribution in [2.75, 3.05) is 11.5 Å². The van der Waals surface area contributed by atoms with Crippen molar-refractivity contribution in [3.8, 4) is 5.75 Å². The molecule has 0 radical (unpaired) electrons. The number of hydrogen-bond donors (Lipinski definition) is 1. The maximum absolute atomic E-state index is 12.0. The molecule has 2 aromatic rings. The van der Waals surface area contributed by atoms with Gasteiger partial charge in [0.25, 0.3) is 5.91 Å². The standard InChI is InChI=1S/C18H18N2O2S/c1-13-4-2-6-15(8-13)18(21)20-19-10-14-5-3-7-16(9-14)22-17-11-23-12-17/h2-10,17H,11-12H2,1H3,(H,20,21)/b19-10+. The molecule has 1 aliphatic rings. The highest BCUT2D eigenvalue weighted by Crippen LogP contribution is 2.24. The van der Waals surface area contributed by atoms with Crippen LogP contribution in [-0.2, 0) is 0 Å². The van der Waals surface area contributed by atoms with Gasteiger partial charge >= 0.3 is 0 Å². The molecule has 0 aromatic heterocycles. The van der Waals surface area contributed by atoms with Crippen LogP contribution in [-0.4, -0.2) is 29.7 Å². The fourth-order valence-electron chi connectivity index (χ4n) is 2.16. The van der Waals surface area contributed by atoms with Gasteiger partial charge in [-0.15, -0.1) is 0 Å². The molecule has 5 heteroatoms. The average Bonchev–Trinajstić information content (AvgIpc) is 2.51. The van der Waals surface area contributed by atoms with Crippen molar-refractivity contribution in [2.45, 2.75) is 13.0 Å². The number of hydrazone groups is 1. The van der Waals surface area contributed by atoms with E-state index in [1.54, 1.807) is 12.3 Å². The molecule has 1 fully saturated rings. The first-order valence-electron chi connectivity index (χ1n) is 7.45. The van der Waals surface area contributed by atoms with Crippen molar-refractivity contribution in [2.24, 2.45) is 5.10 Å². The number of nitrogens with one attached hydrogen (secondary N) is 1. The summed E-state index contributed by atoms with van der Waals surface area (Å²) in [5.41, 5.74) is 5.07. The lowest BCUT2D eigenvalue weighted by atomic mass is 10.1. The molecule has 1 aliphatic heterocycles. The van der Waals surface area contributed by atoms with E-state index in [0.29, 0.717) is 11.7 Å². The van der Waals surface area contributed by atoms with Gasteiger partial charge in [-0.1, -0.05) is 29.8 Å². The molecule has 3 rings (SSSR count). The third kappa shape index (κ3) is 4.36. The molecule has 2 aromatic carbocycles. The van der Waals surface area contributed by atoms with Crippen molar-refractivity contribution in [1.82, 2.24) is 5.43 Å². The molecule has 1 amide bonds. The molecule has 1 saturated heterocycles. The predicted octanol–water partition coefficient (Wildman–Crippen LogP) is 3.25. The number of nitrogens with zero attached hydrogens (tertiary/aromatic N) is 1. The zero-order valence-electron chi connectivity index (χ0n) is 12.9. The second kappa shape index (κ2) is 7.33. The number of hydrogen-bond acceptors (Lipinski definition) is 4. The first kappa shape index (κ1) is 15.6. The molecule has 1 heterocycles. The van der Waals surface area contributed by atoms with Crippen molar-refractivity contribution in [3.05, 3.63) is 65.2 Å². The van der Waals surface area contributed by atoms with E-state index < -0.39 is 0 Å². The Labute approximate surface area is 139 Å². The quantitative estimate of drug-likeness (QED) is 0.678. The summed E-state index contributed by atoms with van der Waals surface area (Å²) in [6.45, 7) is 1.95. The van der Waals surface area contributed by atoms with Gasteiger partial charge in [0, 0.05) is 17.1 Å². The highest BCUT2D eigenvalue weighted by atomic mass is 32.2. The molecule has 0 spiro atoms. The van der Waals surface area contributed by atoms with Crippen molar-refractivity contribution >= 4 is 23.9 Å². The summed E-state index contributed by atoms with van der Waals surface area (Å²) in [6.07, 6.45) is 1.93. The number of amides is 1. The van der Waals surface area contributed by atoms with E-state index in [2.05, 4.69) is 10.5 Å². The van der Waals surface area contributed by atoms with Crippen LogP contribution in [0.3, 0.4) is 0 Å². The Balaban J connectivity index is 1.59. The summed E-state index contributed by atoms with van der Waals surface area (Å²) in [4.78, 5) is 12.0. The molecule has 0 aliphatic carbocycles. The van der Waals surface area contributed by atoms with Crippen LogP contribution in [0.1, 0.15) is 21.5 Å². The third-order valence-corrected chi connectivity index (χ3v) is 4.64. The summed E-state index contributed by atoms with van der Waals surface area (Å²) >= 11 is 1.89. The smallest absolute Gasteiger partial charge is 0.271 e. The molecule has 0 bridgehead atoms. The van der Waals surface area contributed by atoms with Gasteiger partial charge in [0.1, 0.15) is 11.9 Å². The summed E-state index contributed by atoms with van der Waals surface area (Å²) in [6, 6.07) is 15.1. The monoisotopic (exact) mass is 326 g/mol. The fraction of sp³-hybridized carbons (Fsp3) is 0.222. The Morgan fingerprint density at radius 1 is 1.26 bits per heavy atom. The van der Waals surface area contributed by atoms with E-state index in [-0.39, 0.29) is 5.91 Å². The molecule has 0 atom stereocenters. The topological polar surface area (TPSA) is 50.7 Å². The fourth-order valence-corrected chi connectivity index (χ4v) is 2.72. The van der Waals surface area contributed by atoms with E-state index in [9.17, 15) is 4.79 Å². The molecule has 4 nitrogen and oxygen atoms in total. The van der Waals surface area contributed by atoms with Crippen molar-refractivity contribution in [3.63, 3.8) is 0 Å². The largest absolute Gasteiger partial charge is 0.489 e. The van der Waals surface area contributed by atoms with Gasteiger partial charge in [-0.3, -0.25) is 4.79 Å². The maximum Gasteiger partial charge on any atom is 0.271 e. The Morgan fingerprint density at radius 3 is 2.83 bits per heavy atom. The number of carbonyl (C=O) groups is 1. The molecular formula is C18H18N2O2S. The number of ether oxygens (including phenoxy) is 1. The van der Waals surface area contributed by atoms with Crippen molar-refractivity contribution < 1.29 is 9.53 Å². The summed E-state index contributed by atoms with van der Waals surface area (Å²) in [5.74, 6) is 2.71. The van der Waals surface area contributed by atoms with Crippen LogP contribution in [0.5, 0.6) is 5.75 Å². The molecule has 1 N–H and O–H groups in total. The molecule has 23 heavy (non-hydrogen) atoms. The first-order chi connectivity index (χ1) is 11.2. The third-order valence-electron chi connectivity index (χ3n) is 3.43. The van der Waals surface area contributed by atoms with E-state index in [0.717, 1.165) is 28.4 Å². The van der Waals surface area contributed by atoms with Gasteiger partial charge in [-0.25, -0.2) is 5.43 Å². The predicted molar refractivity (Wildman–Crippen MR) is 94.4 cm³/mol. The Bertz CT molecular complexity index is 726. The summed E-state index contributed by atoms with van der Waals surface area (Å²) < 4.78 is 5.83. The normalized spacial score (nSPS) is 14.5. The molecular weight excluding hydrogens is 308 g/mol. The van der Waals surface area contributed by atoms with Crippen LogP contribution in [0.4, 0.5) is 0 Å². The number of benzene rings is 2. The second-order valence-electron chi connectivity index (χ2n) is 5.42. The minimum Gasteiger partial charge on any atom is -0.489 e. The van der Waals surface area contributed by atoms with Gasteiger partial charge < -0.3 is 4.74 Å². The lowest BCUT2D eigenvalue weighted by Gasteiger charge is -2.25. The van der Waals surface area contributed by atoms with E-state index in [1.165, 1.54) is 0 Å². The average molecular weight is 326 g/mol. The van der Waals surface area contributed by atoms with Crippen LogP contribution >= 0.6 is 11.8 Å². The molecule has 0 unspecified atom stereocenters. The van der Waals surface area contributed by atoms with Crippen LogP contribution in [0.25, 0.3) is 0 Å². The number of rotatable bonds is 5. The van der Waals surface area contributed by atoms with Gasteiger partial charge in [-0.2, -0.15) is 16.9 Å².